The molecule has 0 saturated heterocycles. The molecular formula is C16H21FN2O4. The molecule has 0 aliphatic heterocycles. The number of rotatable bonds is 6. The zero-order chi connectivity index (χ0) is 17.0. The molecule has 7 heteroatoms. The first-order valence-corrected chi connectivity index (χ1v) is 7.35. The molecule has 0 amide bonds. The predicted molar refractivity (Wildman–Crippen MR) is 81.5 cm³/mol. The van der Waals surface area contributed by atoms with Crippen molar-refractivity contribution in [2.45, 2.75) is 45.4 Å². The molecule has 0 aliphatic carbocycles. The van der Waals surface area contributed by atoms with Gasteiger partial charge in [-0.15, -0.1) is 5.10 Å². The maximum absolute atomic E-state index is 13.4. The normalized spacial score (nSPS) is 13.3. The van der Waals surface area contributed by atoms with Crippen LogP contribution in [0.15, 0.2) is 33.5 Å². The highest BCUT2D eigenvalue weighted by atomic mass is 19.1. The molecule has 1 unspecified atom stereocenters. The van der Waals surface area contributed by atoms with Gasteiger partial charge in [0.25, 0.3) is 0 Å². The van der Waals surface area contributed by atoms with Crippen LogP contribution in [-0.4, -0.2) is 27.6 Å². The lowest BCUT2D eigenvalue weighted by Gasteiger charge is -2.12. The Morgan fingerprint density at radius 1 is 1.39 bits per heavy atom. The maximum atomic E-state index is 13.4. The minimum atomic E-state index is -0.947. The van der Waals surface area contributed by atoms with Crippen LogP contribution in [-0.2, 0) is 23.3 Å². The smallest absolute Gasteiger partial charge is 0.392 e. The summed E-state index contributed by atoms with van der Waals surface area (Å²) in [6.07, 6.45) is -0.947. The summed E-state index contributed by atoms with van der Waals surface area (Å²) in [5, 5.41) is 14.0. The summed E-state index contributed by atoms with van der Waals surface area (Å²) in [6.45, 7) is 5.57. The van der Waals surface area contributed by atoms with Crippen LogP contribution in [0, 0.1) is 5.82 Å². The first-order chi connectivity index (χ1) is 10.8. The van der Waals surface area contributed by atoms with Gasteiger partial charge in [-0.1, -0.05) is 39.0 Å². The molecule has 0 saturated carbocycles. The molecule has 1 N–H and O–H groups in total. The first-order valence-electron chi connectivity index (χ1n) is 7.35. The molecule has 1 aromatic heterocycles. The van der Waals surface area contributed by atoms with E-state index in [1.54, 1.807) is 18.2 Å². The van der Waals surface area contributed by atoms with E-state index in [1.807, 2.05) is 20.8 Å². The average Bonchev–Trinajstić information content (AvgIpc) is 2.82. The molecular weight excluding hydrogens is 303 g/mol. The van der Waals surface area contributed by atoms with Gasteiger partial charge >= 0.3 is 5.76 Å². The summed E-state index contributed by atoms with van der Waals surface area (Å²) in [6, 6.07) is 6.26. The third-order valence-corrected chi connectivity index (χ3v) is 3.16. The summed E-state index contributed by atoms with van der Waals surface area (Å²) >= 11 is 0. The lowest BCUT2D eigenvalue weighted by molar-refractivity contribution is 0.0169. The molecule has 6 nitrogen and oxygen atoms in total. The van der Waals surface area contributed by atoms with E-state index < -0.39 is 17.3 Å². The van der Waals surface area contributed by atoms with E-state index in [-0.39, 0.29) is 25.6 Å². The number of aliphatic hydroxyl groups is 1. The fraction of sp³-hybridized carbons (Fsp3) is 0.500. The largest absolute Gasteiger partial charge is 0.437 e. The van der Waals surface area contributed by atoms with Crippen LogP contribution >= 0.6 is 0 Å². The number of hydrogen-bond donors (Lipinski definition) is 1. The lowest BCUT2D eigenvalue weighted by atomic mass is 9.97. The maximum Gasteiger partial charge on any atom is 0.437 e. The second-order valence-electron chi connectivity index (χ2n) is 6.37. The van der Waals surface area contributed by atoms with Crippen LogP contribution in [0.25, 0.3) is 0 Å². The fourth-order valence-electron chi connectivity index (χ4n) is 1.90. The van der Waals surface area contributed by atoms with E-state index in [9.17, 15) is 14.3 Å². The Bertz CT molecular complexity index is 703. The highest BCUT2D eigenvalue weighted by Gasteiger charge is 2.23. The molecule has 0 spiro atoms. The van der Waals surface area contributed by atoms with Gasteiger partial charge in [-0.05, 0) is 6.07 Å². The highest BCUT2D eigenvalue weighted by Crippen LogP contribution is 2.18. The molecule has 2 rings (SSSR count). The second kappa shape index (κ2) is 7.06. The van der Waals surface area contributed by atoms with Gasteiger partial charge < -0.3 is 14.3 Å². The number of aromatic nitrogens is 2. The van der Waals surface area contributed by atoms with Crippen molar-refractivity contribution in [3.63, 3.8) is 0 Å². The second-order valence-corrected chi connectivity index (χ2v) is 6.37. The van der Waals surface area contributed by atoms with Gasteiger partial charge in [0.15, 0.2) is 0 Å². The Morgan fingerprint density at radius 2 is 2.09 bits per heavy atom. The molecule has 0 radical (unpaired) electrons. The third-order valence-electron chi connectivity index (χ3n) is 3.16. The van der Waals surface area contributed by atoms with Crippen molar-refractivity contribution < 1.29 is 18.7 Å². The van der Waals surface area contributed by atoms with Crippen LogP contribution in [0.3, 0.4) is 0 Å². The van der Waals surface area contributed by atoms with Gasteiger partial charge in [-0.2, -0.15) is 4.68 Å². The molecule has 0 fully saturated rings. The van der Waals surface area contributed by atoms with Crippen molar-refractivity contribution in [2.75, 3.05) is 6.61 Å². The SMILES string of the molecule is CC(C)(C)c1nn(CC(O)COCc2ccccc2F)c(=O)o1. The molecule has 126 valence electrons. The zero-order valence-corrected chi connectivity index (χ0v) is 13.5. The van der Waals surface area contributed by atoms with Crippen molar-refractivity contribution in [1.82, 2.24) is 9.78 Å². The van der Waals surface area contributed by atoms with Crippen molar-refractivity contribution >= 4 is 0 Å². The number of nitrogens with zero attached hydrogens (tertiary/aromatic N) is 2. The summed E-state index contributed by atoms with van der Waals surface area (Å²) < 4.78 is 24.8. The van der Waals surface area contributed by atoms with E-state index in [1.165, 1.54) is 6.07 Å². The quantitative estimate of drug-likeness (QED) is 0.877. The van der Waals surface area contributed by atoms with Crippen molar-refractivity contribution in [3.8, 4) is 0 Å². The Balaban J connectivity index is 1.88. The lowest BCUT2D eigenvalue weighted by Crippen LogP contribution is -2.28. The van der Waals surface area contributed by atoms with E-state index in [0.29, 0.717) is 11.5 Å². The van der Waals surface area contributed by atoms with Gasteiger partial charge in [0, 0.05) is 11.0 Å². The highest BCUT2D eigenvalue weighted by molar-refractivity contribution is 5.16. The monoisotopic (exact) mass is 324 g/mol. The van der Waals surface area contributed by atoms with Gasteiger partial charge in [-0.3, -0.25) is 0 Å². The number of aliphatic hydroxyl groups excluding tert-OH is 1. The van der Waals surface area contributed by atoms with E-state index >= 15 is 0 Å². The van der Waals surface area contributed by atoms with E-state index in [0.717, 1.165) is 4.68 Å². The van der Waals surface area contributed by atoms with Crippen molar-refractivity contribution in [3.05, 3.63) is 52.1 Å². The summed E-state index contributed by atoms with van der Waals surface area (Å²) in [5.41, 5.74) is 0.0183. The number of ether oxygens (including phenoxy) is 1. The van der Waals surface area contributed by atoms with Gasteiger partial charge in [0.1, 0.15) is 5.82 Å². The van der Waals surface area contributed by atoms with Gasteiger partial charge in [0.2, 0.25) is 5.89 Å². The topological polar surface area (TPSA) is 77.5 Å². The van der Waals surface area contributed by atoms with Crippen LogP contribution in [0.2, 0.25) is 0 Å². The first kappa shape index (κ1) is 17.4. The van der Waals surface area contributed by atoms with Crippen molar-refractivity contribution in [1.29, 1.82) is 0 Å². The molecule has 0 bridgehead atoms. The Kier molecular flexibility index (Phi) is 5.33. The third kappa shape index (κ3) is 4.74. The van der Waals surface area contributed by atoms with Crippen LogP contribution in [0.4, 0.5) is 4.39 Å². The molecule has 1 aromatic carbocycles. The molecule has 1 atom stereocenters. The number of hydrogen-bond acceptors (Lipinski definition) is 5. The van der Waals surface area contributed by atoms with Crippen LogP contribution < -0.4 is 5.76 Å². The summed E-state index contributed by atoms with van der Waals surface area (Å²) in [7, 11) is 0. The Labute approximate surface area is 133 Å². The summed E-state index contributed by atoms with van der Waals surface area (Å²) in [5.74, 6) is -0.672. The van der Waals surface area contributed by atoms with E-state index in [2.05, 4.69) is 5.10 Å². The molecule has 23 heavy (non-hydrogen) atoms. The standard InChI is InChI=1S/C16H21FN2O4/c1-16(2,3)14-18-19(15(21)23-14)8-12(20)10-22-9-11-6-4-5-7-13(11)17/h4-7,12,20H,8-10H2,1-3H3. The number of halogens is 1. The minimum Gasteiger partial charge on any atom is -0.392 e. The van der Waals surface area contributed by atoms with E-state index in [4.69, 9.17) is 9.15 Å². The molecule has 2 aromatic rings. The zero-order valence-electron chi connectivity index (χ0n) is 13.5. The van der Waals surface area contributed by atoms with Gasteiger partial charge in [-0.25, -0.2) is 9.18 Å². The molecule has 1 heterocycles. The summed E-state index contributed by atoms with van der Waals surface area (Å²) in [4.78, 5) is 11.7. The minimum absolute atomic E-state index is 0.0432. The Morgan fingerprint density at radius 3 is 2.70 bits per heavy atom. The molecule has 0 aliphatic rings. The van der Waals surface area contributed by atoms with Crippen LogP contribution in [0.1, 0.15) is 32.2 Å². The number of benzene rings is 1. The van der Waals surface area contributed by atoms with Crippen molar-refractivity contribution in [2.24, 2.45) is 0 Å². The Hall–Kier alpha value is -1.99. The average molecular weight is 324 g/mol. The predicted octanol–water partition coefficient (Wildman–Crippen LogP) is 1.85. The fourth-order valence-corrected chi connectivity index (χ4v) is 1.90. The van der Waals surface area contributed by atoms with Gasteiger partial charge in [0.05, 0.1) is 25.9 Å². The van der Waals surface area contributed by atoms with Crippen LogP contribution in [0.5, 0.6) is 0 Å².